The molecule has 2 fully saturated rings. The molecule has 2 aliphatic carbocycles. The number of allylic oxidation sites excluding steroid dienone is 2. The maximum atomic E-state index is 13.1. The number of hydrogen-bond donors (Lipinski definition) is 0. The van der Waals surface area contributed by atoms with Gasteiger partial charge < -0.3 is 0 Å². The summed E-state index contributed by atoms with van der Waals surface area (Å²) in [7, 11) is 0. The topological polar surface area (TPSA) is 0 Å². The molecule has 0 amide bonds. The lowest BCUT2D eigenvalue weighted by Crippen LogP contribution is -2.30. The predicted octanol–water partition coefficient (Wildman–Crippen LogP) is 8.15. The van der Waals surface area contributed by atoms with Gasteiger partial charge in [0.1, 0.15) is 5.82 Å². The molecule has 1 heteroatoms. The number of hydrogen-bond acceptors (Lipinski definition) is 0. The van der Waals surface area contributed by atoms with E-state index in [2.05, 4.69) is 43.3 Å². The summed E-state index contributed by atoms with van der Waals surface area (Å²) in [6.07, 6.45) is 15.7. The summed E-state index contributed by atoms with van der Waals surface area (Å²) < 4.78 is 13.1. The Kier molecular flexibility index (Phi) is 6.29. The predicted molar refractivity (Wildman–Crippen MR) is 117 cm³/mol. The fourth-order valence-corrected chi connectivity index (χ4v) is 5.64. The van der Waals surface area contributed by atoms with E-state index >= 15 is 0 Å². The van der Waals surface area contributed by atoms with E-state index in [-0.39, 0.29) is 5.82 Å². The largest absolute Gasteiger partial charge is 0.207 e. The minimum Gasteiger partial charge on any atom is -0.207 e. The first kappa shape index (κ1) is 19.4. The molecule has 2 aliphatic rings. The fraction of sp³-hybridized carbons (Fsp3) is 0.481. The first-order valence-corrected chi connectivity index (χ1v) is 11.2. The molecule has 0 spiro atoms. The Morgan fingerprint density at radius 2 is 1.46 bits per heavy atom. The highest BCUT2D eigenvalue weighted by Crippen LogP contribution is 2.48. The highest BCUT2D eigenvalue weighted by molar-refractivity contribution is 5.63. The van der Waals surface area contributed by atoms with Crippen molar-refractivity contribution in [2.24, 2.45) is 17.8 Å². The summed E-state index contributed by atoms with van der Waals surface area (Å²) in [5, 5.41) is 0. The van der Waals surface area contributed by atoms with Crippen molar-refractivity contribution >= 4 is 0 Å². The Hall–Kier alpha value is -1.89. The number of rotatable bonds is 5. The SMILES string of the molecule is C/C=C/CCC1CCC2CC(c3ccc(-c4ccc(F)cc4)cc3)CCC2C1. The van der Waals surface area contributed by atoms with E-state index in [9.17, 15) is 4.39 Å². The van der Waals surface area contributed by atoms with E-state index in [1.54, 1.807) is 12.1 Å². The van der Waals surface area contributed by atoms with Gasteiger partial charge in [0.15, 0.2) is 0 Å². The summed E-state index contributed by atoms with van der Waals surface area (Å²) >= 11 is 0. The molecule has 0 radical (unpaired) electrons. The van der Waals surface area contributed by atoms with Crippen LogP contribution < -0.4 is 0 Å². The van der Waals surface area contributed by atoms with Gasteiger partial charge in [-0.2, -0.15) is 0 Å². The van der Waals surface area contributed by atoms with E-state index in [0.717, 1.165) is 29.2 Å². The van der Waals surface area contributed by atoms with Gasteiger partial charge in [0.25, 0.3) is 0 Å². The highest BCUT2D eigenvalue weighted by atomic mass is 19.1. The summed E-state index contributed by atoms with van der Waals surface area (Å²) in [5.74, 6) is 3.42. The third-order valence-electron chi connectivity index (χ3n) is 7.26. The molecule has 28 heavy (non-hydrogen) atoms. The van der Waals surface area contributed by atoms with E-state index in [1.807, 2.05) is 12.1 Å². The van der Waals surface area contributed by atoms with Crippen LogP contribution in [0, 0.1) is 23.6 Å². The third kappa shape index (κ3) is 4.57. The van der Waals surface area contributed by atoms with E-state index < -0.39 is 0 Å². The standard InChI is InChI=1S/C27H33F/c1-2-3-4-5-20-6-7-26-19-25(13-12-24(26)18-20)23-10-8-21(9-11-23)22-14-16-27(28)17-15-22/h2-3,8-11,14-17,20,24-26H,4-7,12-13,18-19H2,1H3/b3-2+. The zero-order chi connectivity index (χ0) is 19.3. The monoisotopic (exact) mass is 376 g/mol. The van der Waals surface area contributed by atoms with Crippen LogP contribution in [0.2, 0.25) is 0 Å². The molecule has 4 atom stereocenters. The van der Waals surface area contributed by atoms with Crippen LogP contribution in [0.5, 0.6) is 0 Å². The minimum absolute atomic E-state index is 0.173. The van der Waals surface area contributed by atoms with Gasteiger partial charge in [-0.3, -0.25) is 0 Å². The zero-order valence-electron chi connectivity index (χ0n) is 17.1. The molecule has 2 aromatic carbocycles. The van der Waals surface area contributed by atoms with Gasteiger partial charge in [0, 0.05) is 0 Å². The van der Waals surface area contributed by atoms with E-state index in [1.165, 1.54) is 62.5 Å². The summed E-state index contributed by atoms with van der Waals surface area (Å²) in [5.41, 5.74) is 3.77. The quantitative estimate of drug-likeness (QED) is 0.462. The summed E-state index contributed by atoms with van der Waals surface area (Å²) in [4.78, 5) is 0. The minimum atomic E-state index is -0.173. The average molecular weight is 377 g/mol. The van der Waals surface area contributed by atoms with Gasteiger partial charge in [0.2, 0.25) is 0 Å². The molecule has 0 heterocycles. The Labute approximate surface area is 169 Å². The van der Waals surface area contributed by atoms with Gasteiger partial charge in [-0.15, -0.1) is 0 Å². The molecule has 2 saturated carbocycles. The number of halogens is 1. The molecular formula is C27H33F. The molecule has 0 aliphatic heterocycles. The van der Waals surface area contributed by atoms with Crippen molar-refractivity contribution in [3.8, 4) is 11.1 Å². The van der Waals surface area contributed by atoms with Gasteiger partial charge in [0.05, 0.1) is 0 Å². The van der Waals surface area contributed by atoms with Crippen molar-refractivity contribution in [2.75, 3.05) is 0 Å². The van der Waals surface area contributed by atoms with Crippen LogP contribution in [-0.4, -0.2) is 0 Å². The van der Waals surface area contributed by atoms with Crippen molar-refractivity contribution in [1.82, 2.24) is 0 Å². The van der Waals surface area contributed by atoms with Gasteiger partial charge in [-0.05, 0) is 104 Å². The second-order valence-corrected chi connectivity index (χ2v) is 8.98. The Morgan fingerprint density at radius 1 is 0.821 bits per heavy atom. The second-order valence-electron chi connectivity index (χ2n) is 8.98. The lowest BCUT2D eigenvalue weighted by molar-refractivity contribution is 0.115. The normalized spacial score (nSPS) is 27.6. The fourth-order valence-electron chi connectivity index (χ4n) is 5.64. The first-order chi connectivity index (χ1) is 13.7. The number of fused-ring (bicyclic) bond motifs is 1. The molecule has 0 aromatic heterocycles. The molecule has 2 aromatic rings. The van der Waals surface area contributed by atoms with Gasteiger partial charge in [-0.1, -0.05) is 55.0 Å². The zero-order valence-corrected chi connectivity index (χ0v) is 17.1. The molecule has 4 unspecified atom stereocenters. The average Bonchev–Trinajstić information content (AvgIpc) is 2.74. The summed E-state index contributed by atoms with van der Waals surface area (Å²) in [6.45, 7) is 2.13. The molecule has 0 nitrogen and oxygen atoms in total. The third-order valence-corrected chi connectivity index (χ3v) is 7.26. The van der Waals surface area contributed by atoms with Crippen molar-refractivity contribution in [1.29, 1.82) is 0 Å². The van der Waals surface area contributed by atoms with Gasteiger partial charge >= 0.3 is 0 Å². The number of benzene rings is 2. The first-order valence-electron chi connectivity index (χ1n) is 11.2. The van der Waals surface area contributed by atoms with E-state index in [0.29, 0.717) is 0 Å². The van der Waals surface area contributed by atoms with Crippen LogP contribution in [-0.2, 0) is 0 Å². The Bertz CT molecular complexity index is 771. The van der Waals surface area contributed by atoms with Crippen LogP contribution in [0.1, 0.15) is 69.8 Å². The van der Waals surface area contributed by atoms with E-state index in [4.69, 9.17) is 0 Å². The maximum absolute atomic E-state index is 13.1. The van der Waals surface area contributed by atoms with Crippen molar-refractivity contribution in [3.63, 3.8) is 0 Å². The lowest BCUT2D eigenvalue weighted by Gasteiger charge is -2.42. The summed E-state index contributed by atoms with van der Waals surface area (Å²) in [6, 6.07) is 15.9. The Morgan fingerprint density at radius 3 is 2.18 bits per heavy atom. The molecule has 0 bridgehead atoms. The van der Waals surface area contributed by atoms with Crippen molar-refractivity contribution in [2.45, 2.75) is 64.2 Å². The van der Waals surface area contributed by atoms with Crippen molar-refractivity contribution < 1.29 is 4.39 Å². The lowest BCUT2D eigenvalue weighted by atomic mass is 9.63. The highest BCUT2D eigenvalue weighted by Gasteiger charge is 2.35. The van der Waals surface area contributed by atoms with Gasteiger partial charge in [-0.25, -0.2) is 4.39 Å². The van der Waals surface area contributed by atoms with Crippen LogP contribution in [0.3, 0.4) is 0 Å². The molecule has 0 N–H and O–H groups in total. The van der Waals surface area contributed by atoms with Crippen LogP contribution in [0.15, 0.2) is 60.7 Å². The van der Waals surface area contributed by atoms with Crippen LogP contribution in [0.25, 0.3) is 11.1 Å². The Balaban J connectivity index is 1.35. The maximum Gasteiger partial charge on any atom is 0.123 e. The van der Waals surface area contributed by atoms with Crippen LogP contribution >= 0.6 is 0 Å². The van der Waals surface area contributed by atoms with Crippen LogP contribution in [0.4, 0.5) is 4.39 Å². The second kappa shape index (κ2) is 9.07. The molecular weight excluding hydrogens is 343 g/mol. The van der Waals surface area contributed by atoms with Crippen molar-refractivity contribution in [3.05, 3.63) is 72.1 Å². The molecule has 4 rings (SSSR count). The molecule has 0 saturated heterocycles. The smallest absolute Gasteiger partial charge is 0.123 e. The molecule has 148 valence electrons.